The van der Waals surface area contributed by atoms with Gasteiger partial charge in [-0.25, -0.2) is 13.6 Å². The Balaban J connectivity index is 2.00. The maximum Gasteiger partial charge on any atom is 0.337 e. The Morgan fingerprint density at radius 3 is 2.61 bits per heavy atom. The molecule has 0 fully saturated rings. The molecule has 0 aliphatic heterocycles. The molecule has 3 heterocycles. The predicted molar refractivity (Wildman–Crippen MR) is 77.9 cm³/mol. The average Bonchev–Trinajstić information content (AvgIpc) is 2.98. The van der Waals surface area contributed by atoms with Crippen molar-refractivity contribution in [3.63, 3.8) is 0 Å². The fourth-order valence-corrected chi connectivity index (χ4v) is 2.26. The zero-order chi connectivity index (χ0) is 16.4. The Hall–Kier alpha value is -3.09. The summed E-state index contributed by atoms with van der Waals surface area (Å²) >= 11 is 0. The minimum atomic E-state index is -1.05. The molecule has 3 aromatic heterocycles. The number of aromatic carboxylic acids is 1. The number of hydrogen-bond donors (Lipinski definition) is 2. The summed E-state index contributed by atoms with van der Waals surface area (Å²) in [6.07, 6.45) is 5.15. The molecule has 0 aliphatic carbocycles. The van der Waals surface area contributed by atoms with Gasteiger partial charge in [-0.2, -0.15) is 0 Å². The molecule has 3 aromatic rings. The van der Waals surface area contributed by atoms with Gasteiger partial charge in [-0.1, -0.05) is 0 Å². The Morgan fingerprint density at radius 2 is 1.91 bits per heavy atom. The monoisotopic (exact) mass is 315 g/mol. The van der Waals surface area contributed by atoms with Crippen LogP contribution < -0.4 is 0 Å². The second kappa shape index (κ2) is 5.96. The van der Waals surface area contributed by atoms with E-state index in [9.17, 15) is 13.6 Å². The second-order valence-corrected chi connectivity index (χ2v) is 4.94. The Labute approximate surface area is 129 Å². The quantitative estimate of drug-likeness (QED) is 0.775. The topological polar surface area (TPSA) is 78.9 Å². The molecule has 0 atom stereocenters. The summed E-state index contributed by atoms with van der Waals surface area (Å²) in [6.45, 7) is 0. The van der Waals surface area contributed by atoms with E-state index in [0.29, 0.717) is 22.5 Å². The van der Waals surface area contributed by atoms with E-state index >= 15 is 0 Å². The van der Waals surface area contributed by atoms with Crippen molar-refractivity contribution in [1.29, 1.82) is 0 Å². The fraction of sp³-hybridized carbons (Fsp3) is 0.0625. The van der Waals surface area contributed by atoms with Gasteiger partial charge in [-0.3, -0.25) is 9.97 Å². The van der Waals surface area contributed by atoms with E-state index in [-0.39, 0.29) is 12.0 Å². The zero-order valence-corrected chi connectivity index (χ0v) is 11.8. The lowest BCUT2D eigenvalue weighted by Gasteiger charge is -2.08. The molecular weight excluding hydrogens is 304 g/mol. The van der Waals surface area contributed by atoms with Gasteiger partial charge in [0.2, 0.25) is 0 Å². The molecular formula is C16H11F2N3O2. The van der Waals surface area contributed by atoms with Crippen molar-refractivity contribution in [3.05, 3.63) is 71.6 Å². The zero-order valence-electron chi connectivity index (χ0n) is 11.8. The summed E-state index contributed by atoms with van der Waals surface area (Å²) in [4.78, 5) is 21.5. The van der Waals surface area contributed by atoms with E-state index in [1.54, 1.807) is 0 Å². The van der Waals surface area contributed by atoms with E-state index in [2.05, 4.69) is 15.0 Å². The third-order valence-corrected chi connectivity index (χ3v) is 3.30. The van der Waals surface area contributed by atoms with Crippen molar-refractivity contribution in [2.24, 2.45) is 0 Å². The van der Waals surface area contributed by atoms with Crippen molar-refractivity contribution < 1.29 is 18.7 Å². The molecule has 0 saturated heterocycles. The van der Waals surface area contributed by atoms with Crippen molar-refractivity contribution in [2.45, 2.75) is 6.42 Å². The highest BCUT2D eigenvalue weighted by Crippen LogP contribution is 2.25. The van der Waals surface area contributed by atoms with Crippen LogP contribution >= 0.6 is 0 Å². The molecule has 0 amide bonds. The highest BCUT2D eigenvalue weighted by Gasteiger charge is 2.13. The molecule has 2 N–H and O–H groups in total. The SMILES string of the molecule is O=C(O)c1c[nH]c(Cc2ncc(F)cc2-c2cncc(F)c2)c1. The number of aromatic amines is 1. The van der Waals surface area contributed by atoms with Gasteiger partial charge in [0.05, 0.1) is 23.7 Å². The standard InChI is InChI=1S/C16H11F2N3O2/c17-11-1-9(5-19-7-11)14-3-12(18)8-21-15(14)4-13-2-10(6-20-13)16(22)23/h1-3,5-8,20H,4H2,(H,22,23). The van der Waals surface area contributed by atoms with Gasteiger partial charge in [0.1, 0.15) is 11.6 Å². The summed E-state index contributed by atoms with van der Waals surface area (Å²) in [5.74, 6) is -2.13. The van der Waals surface area contributed by atoms with Crippen molar-refractivity contribution in [2.75, 3.05) is 0 Å². The van der Waals surface area contributed by atoms with Crippen LogP contribution in [0.4, 0.5) is 8.78 Å². The third kappa shape index (κ3) is 3.23. The number of nitrogens with one attached hydrogen (secondary N) is 1. The van der Waals surface area contributed by atoms with Crippen LogP contribution in [0.1, 0.15) is 21.7 Å². The van der Waals surface area contributed by atoms with Crippen LogP contribution in [-0.2, 0) is 6.42 Å². The van der Waals surface area contributed by atoms with Crippen molar-refractivity contribution in [1.82, 2.24) is 15.0 Å². The smallest absolute Gasteiger partial charge is 0.337 e. The van der Waals surface area contributed by atoms with Gasteiger partial charge in [0.15, 0.2) is 0 Å². The fourth-order valence-electron chi connectivity index (χ4n) is 2.26. The number of carboxylic acids is 1. The first kappa shape index (κ1) is 14.8. The van der Waals surface area contributed by atoms with E-state index < -0.39 is 17.6 Å². The summed E-state index contributed by atoms with van der Waals surface area (Å²) in [5.41, 5.74) is 2.02. The first-order valence-electron chi connectivity index (χ1n) is 6.69. The molecule has 0 saturated carbocycles. The summed E-state index contributed by atoms with van der Waals surface area (Å²) in [6, 6.07) is 3.96. The van der Waals surface area contributed by atoms with Crippen LogP contribution in [-0.4, -0.2) is 26.0 Å². The van der Waals surface area contributed by atoms with Crippen LogP contribution in [0, 0.1) is 11.6 Å². The molecule has 5 nitrogen and oxygen atoms in total. The maximum absolute atomic E-state index is 13.5. The van der Waals surface area contributed by atoms with Crippen LogP contribution in [0.15, 0.2) is 43.0 Å². The van der Waals surface area contributed by atoms with Gasteiger partial charge >= 0.3 is 5.97 Å². The van der Waals surface area contributed by atoms with Gasteiger partial charge in [-0.15, -0.1) is 0 Å². The predicted octanol–water partition coefficient (Wildman–Crippen LogP) is 3.04. The second-order valence-electron chi connectivity index (χ2n) is 4.94. The number of H-pyrrole nitrogens is 1. The van der Waals surface area contributed by atoms with Crippen LogP contribution in [0.2, 0.25) is 0 Å². The molecule has 0 radical (unpaired) electrons. The highest BCUT2D eigenvalue weighted by atomic mass is 19.1. The number of carboxylic acid groups (broad SMARTS) is 1. The van der Waals surface area contributed by atoms with Crippen LogP contribution in [0.3, 0.4) is 0 Å². The molecule has 0 bridgehead atoms. The molecule has 23 heavy (non-hydrogen) atoms. The molecule has 7 heteroatoms. The third-order valence-electron chi connectivity index (χ3n) is 3.30. The molecule has 0 spiro atoms. The van der Waals surface area contributed by atoms with Crippen molar-refractivity contribution >= 4 is 5.97 Å². The van der Waals surface area contributed by atoms with Gasteiger partial charge < -0.3 is 10.1 Å². The normalized spacial score (nSPS) is 10.7. The minimum Gasteiger partial charge on any atom is -0.478 e. The molecule has 0 unspecified atom stereocenters. The summed E-state index contributed by atoms with van der Waals surface area (Å²) in [5, 5.41) is 8.93. The van der Waals surface area contributed by atoms with Crippen LogP contribution in [0.5, 0.6) is 0 Å². The lowest BCUT2D eigenvalue weighted by molar-refractivity contribution is 0.0697. The summed E-state index contributed by atoms with van der Waals surface area (Å²) < 4.78 is 26.9. The molecule has 0 aliphatic rings. The average molecular weight is 315 g/mol. The summed E-state index contributed by atoms with van der Waals surface area (Å²) in [7, 11) is 0. The Kier molecular flexibility index (Phi) is 3.84. The first-order chi connectivity index (χ1) is 11.0. The lowest BCUT2D eigenvalue weighted by atomic mass is 10.0. The van der Waals surface area contributed by atoms with Crippen molar-refractivity contribution in [3.8, 4) is 11.1 Å². The number of halogens is 2. The Bertz CT molecular complexity index is 877. The Morgan fingerprint density at radius 1 is 1.13 bits per heavy atom. The van der Waals surface area contributed by atoms with Crippen LogP contribution in [0.25, 0.3) is 11.1 Å². The lowest BCUT2D eigenvalue weighted by Crippen LogP contribution is -1.98. The number of nitrogens with zero attached hydrogens (tertiary/aromatic N) is 2. The minimum absolute atomic E-state index is 0.121. The number of rotatable bonds is 4. The van der Waals surface area contributed by atoms with E-state index in [4.69, 9.17) is 5.11 Å². The van der Waals surface area contributed by atoms with E-state index in [0.717, 1.165) is 12.4 Å². The number of hydrogen-bond acceptors (Lipinski definition) is 3. The molecule has 0 aromatic carbocycles. The number of aromatic nitrogens is 3. The molecule has 3 rings (SSSR count). The highest BCUT2D eigenvalue weighted by molar-refractivity contribution is 5.87. The molecule has 116 valence electrons. The van der Waals surface area contributed by atoms with Gasteiger partial charge in [0.25, 0.3) is 0 Å². The first-order valence-corrected chi connectivity index (χ1v) is 6.69. The van der Waals surface area contributed by atoms with Gasteiger partial charge in [0, 0.05) is 35.6 Å². The maximum atomic E-state index is 13.5. The largest absolute Gasteiger partial charge is 0.478 e. The number of pyridine rings is 2. The van der Waals surface area contributed by atoms with E-state index in [1.807, 2.05) is 0 Å². The van der Waals surface area contributed by atoms with Gasteiger partial charge in [-0.05, 0) is 18.2 Å². The van der Waals surface area contributed by atoms with E-state index in [1.165, 1.54) is 30.6 Å². The number of carbonyl (C=O) groups is 1.